The van der Waals surface area contributed by atoms with Gasteiger partial charge in [-0.25, -0.2) is 0 Å². The van der Waals surface area contributed by atoms with Crippen LogP contribution in [0.5, 0.6) is 57.5 Å². The first-order valence-corrected chi connectivity index (χ1v) is 32.2. The Morgan fingerprint density at radius 1 is 0.234 bits per heavy atom. The van der Waals surface area contributed by atoms with Crippen molar-refractivity contribution in [3.63, 3.8) is 0 Å². The molecule has 0 aromatic heterocycles. The molecule has 6 heterocycles. The predicted octanol–water partition coefficient (Wildman–Crippen LogP) is 15.4. The van der Waals surface area contributed by atoms with Crippen molar-refractivity contribution in [2.45, 2.75) is 26.3 Å². The van der Waals surface area contributed by atoms with Crippen molar-refractivity contribution in [1.82, 2.24) is 0 Å². The summed E-state index contributed by atoms with van der Waals surface area (Å²) in [5.74, 6) is 7.56. The molecule has 0 aliphatic carbocycles. The summed E-state index contributed by atoms with van der Waals surface area (Å²) in [5, 5.41) is 0. The standard InChI is InChI=1S/C82H57B3N4O5/c1-82(2,3)89-67-50-71-64(48-63(67)83-61-38-22-24-40-69(61)90-74-43-58(42-68(89)79(74)83)86(52-26-10-4-11-27-52)53-28-12-5-13-29-53)85-66-49-65-72(51-73(66)94-78-47-60(46-77(92-71)81(78)85)88(56-34-18-8-19-35-56)57-36-20-9-21-37-57)93-76-45-59(44-75-80(76)84(65)62-39-23-25-41-70(62)91-75)87(54-30-14-6-15-31-54)55-32-16-7-17-33-55/h4-51H,1-3H3. The van der Waals surface area contributed by atoms with E-state index in [9.17, 15) is 0 Å². The van der Waals surface area contributed by atoms with Gasteiger partial charge in [-0.3, -0.25) is 0 Å². The monoisotopic (exact) mass is 1210 g/mol. The Hall–Kier alpha value is -11.7. The van der Waals surface area contributed by atoms with Crippen molar-refractivity contribution in [2.24, 2.45) is 0 Å². The average Bonchev–Trinajstić information content (AvgIpc) is 0.698. The van der Waals surface area contributed by atoms with Gasteiger partial charge in [0.05, 0.1) is 17.1 Å². The molecule has 19 rings (SSSR count). The second-order valence-corrected chi connectivity index (χ2v) is 25.9. The highest BCUT2D eigenvalue weighted by Crippen LogP contribution is 2.50. The van der Waals surface area contributed by atoms with E-state index < -0.39 is 5.54 Å². The van der Waals surface area contributed by atoms with E-state index in [1.165, 1.54) is 5.46 Å². The molecule has 12 heteroatoms. The topological polar surface area (TPSA) is 59.1 Å². The number of para-hydroxylation sites is 8. The van der Waals surface area contributed by atoms with Crippen LogP contribution < -0.4 is 92.4 Å². The molecule has 0 saturated carbocycles. The molecular formula is C82H57B3N4O5. The number of rotatable bonds is 9. The van der Waals surface area contributed by atoms with E-state index in [0.29, 0.717) is 11.5 Å². The normalized spacial score (nSPS) is 13.4. The summed E-state index contributed by atoms with van der Waals surface area (Å²) >= 11 is 0. The van der Waals surface area contributed by atoms with Crippen molar-refractivity contribution in [3.8, 4) is 57.5 Å². The molecule has 0 amide bonds. The Kier molecular flexibility index (Phi) is 12.0. The number of benzene rings is 13. The molecule has 94 heavy (non-hydrogen) atoms. The number of anilines is 11. The Morgan fingerprint density at radius 3 is 0.894 bits per heavy atom. The Balaban J connectivity index is 0.837. The van der Waals surface area contributed by atoms with E-state index in [-0.39, 0.29) is 20.1 Å². The molecule has 0 radical (unpaired) electrons. The van der Waals surface area contributed by atoms with Crippen LogP contribution in [0.15, 0.2) is 291 Å². The third kappa shape index (κ3) is 8.45. The minimum absolute atomic E-state index is 0.201. The van der Waals surface area contributed by atoms with E-state index in [2.05, 4.69) is 319 Å². The van der Waals surface area contributed by atoms with Crippen LogP contribution in [-0.2, 0) is 0 Å². The largest absolute Gasteiger partial charge is 0.458 e. The summed E-state index contributed by atoms with van der Waals surface area (Å²) in [5.41, 5.74) is 20.1. The Morgan fingerprint density at radius 2 is 0.521 bits per heavy atom. The second-order valence-electron chi connectivity index (χ2n) is 25.9. The van der Waals surface area contributed by atoms with Gasteiger partial charge in [-0.05, 0) is 150 Å². The molecule has 0 unspecified atom stereocenters. The van der Waals surface area contributed by atoms with Gasteiger partial charge in [0, 0.05) is 104 Å². The molecule has 0 saturated heterocycles. The molecule has 0 atom stereocenters. The fourth-order valence-electron chi connectivity index (χ4n) is 15.5. The van der Waals surface area contributed by atoms with Gasteiger partial charge in [0.2, 0.25) is 0 Å². The lowest BCUT2D eigenvalue weighted by molar-refractivity contribution is 0.452. The molecule has 444 valence electrons. The second kappa shape index (κ2) is 20.9. The number of fused-ring (bicyclic) bond motifs is 12. The molecular weight excluding hydrogens is 1150 g/mol. The highest BCUT2D eigenvalue weighted by molar-refractivity contribution is 7.02. The van der Waals surface area contributed by atoms with Crippen LogP contribution in [0.2, 0.25) is 0 Å². The molecule has 13 aromatic rings. The highest BCUT2D eigenvalue weighted by atomic mass is 16.5. The summed E-state index contributed by atoms with van der Waals surface area (Å²) in [6.45, 7) is 6.12. The van der Waals surface area contributed by atoms with Crippen molar-refractivity contribution in [3.05, 3.63) is 291 Å². The molecule has 0 bridgehead atoms. The van der Waals surface area contributed by atoms with Crippen molar-refractivity contribution in [2.75, 3.05) is 19.6 Å². The van der Waals surface area contributed by atoms with Crippen LogP contribution in [-0.4, -0.2) is 25.7 Å². The van der Waals surface area contributed by atoms with Gasteiger partial charge in [-0.15, -0.1) is 0 Å². The Labute approximate surface area is 547 Å². The summed E-state index contributed by atoms with van der Waals surface area (Å²) in [7, 11) is 0. The average molecular weight is 1210 g/mol. The van der Waals surface area contributed by atoms with Crippen LogP contribution in [0.4, 0.5) is 62.6 Å². The molecule has 0 fully saturated rings. The van der Waals surface area contributed by atoms with E-state index >= 15 is 0 Å². The first-order valence-electron chi connectivity index (χ1n) is 32.2. The van der Waals surface area contributed by atoms with E-state index in [1.807, 2.05) is 12.1 Å². The minimum atomic E-state index is -0.442. The number of hydrogen-bond acceptors (Lipinski definition) is 9. The van der Waals surface area contributed by atoms with Crippen LogP contribution in [0.1, 0.15) is 20.8 Å². The maximum Gasteiger partial charge on any atom is 0.260 e. The van der Waals surface area contributed by atoms with Gasteiger partial charge in [-0.1, -0.05) is 158 Å². The third-order valence-corrected chi connectivity index (χ3v) is 19.3. The molecule has 6 aliphatic rings. The zero-order valence-electron chi connectivity index (χ0n) is 51.8. The van der Waals surface area contributed by atoms with E-state index in [4.69, 9.17) is 23.7 Å². The van der Waals surface area contributed by atoms with E-state index in [0.717, 1.165) is 152 Å². The lowest BCUT2D eigenvalue weighted by Gasteiger charge is -2.47. The molecule has 0 spiro atoms. The third-order valence-electron chi connectivity index (χ3n) is 19.3. The Bertz CT molecular complexity index is 5100. The fraction of sp³-hybridized carbons (Fsp3) is 0.0488. The summed E-state index contributed by atoms with van der Waals surface area (Å²) in [4.78, 5) is 9.39. The van der Waals surface area contributed by atoms with Crippen LogP contribution in [0.3, 0.4) is 0 Å². The SMILES string of the molecule is CC(C)(C)N1c2cc3c(cc2B2c4ccccc4Oc4cc(N(c5ccccc5)c5ccccc5)cc1c42)B1c2cc4c(cc2Oc2cc(N(c5ccccc5)c5ccccc5)cc(c21)O3)Oc1cc(N(c2ccccc2)c2ccccc2)cc2c1B4c1ccccc1O2. The highest BCUT2D eigenvalue weighted by Gasteiger charge is 2.50. The van der Waals surface area contributed by atoms with Crippen molar-refractivity contribution < 1.29 is 23.7 Å². The van der Waals surface area contributed by atoms with E-state index in [1.54, 1.807) is 0 Å². The van der Waals surface area contributed by atoms with Gasteiger partial charge >= 0.3 is 0 Å². The quantitative estimate of drug-likeness (QED) is 0.132. The van der Waals surface area contributed by atoms with Crippen molar-refractivity contribution >= 4 is 132 Å². The first kappa shape index (κ1) is 54.0. The molecule has 13 aromatic carbocycles. The van der Waals surface area contributed by atoms with Crippen LogP contribution in [0, 0.1) is 0 Å². The predicted molar refractivity (Wildman–Crippen MR) is 385 cm³/mol. The number of nitrogens with zero attached hydrogens (tertiary/aromatic N) is 4. The maximum atomic E-state index is 7.63. The zero-order chi connectivity index (χ0) is 62.3. The lowest BCUT2D eigenvalue weighted by atomic mass is 9.30. The summed E-state index contributed by atoms with van der Waals surface area (Å²) in [6.07, 6.45) is 0. The number of hydrogen-bond donors (Lipinski definition) is 0. The zero-order valence-corrected chi connectivity index (χ0v) is 51.8. The van der Waals surface area contributed by atoms with Crippen LogP contribution >= 0.6 is 0 Å². The molecule has 0 N–H and O–H groups in total. The smallest absolute Gasteiger partial charge is 0.260 e. The lowest BCUT2D eigenvalue weighted by Crippen LogP contribution is -2.65. The first-order chi connectivity index (χ1) is 46.2. The maximum absolute atomic E-state index is 7.63. The van der Waals surface area contributed by atoms with Gasteiger partial charge in [0.15, 0.2) is 0 Å². The van der Waals surface area contributed by atoms with Gasteiger partial charge in [0.25, 0.3) is 20.1 Å². The van der Waals surface area contributed by atoms with Crippen LogP contribution in [0.25, 0.3) is 0 Å². The molecule has 6 aliphatic heterocycles. The fourth-order valence-corrected chi connectivity index (χ4v) is 15.5. The van der Waals surface area contributed by atoms with Crippen molar-refractivity contribution in [1.29, 1.82) is 0 Å². The number of ether oxygens (including phenoxy) is 5. The molecule has 9 nitrogen and oxygen atoms in total. The van der Waals surface area contributed by atoms with Gasteiger partial charge < -0.3 is 43.3 Å². The van der Waals surface area contributed by atoms with Gasteiger partial charge in [-0.2, -0.15) is 0 Å². The summed E-state index contributed by atoms with van der Waals surface area (Å²) in [6, 6.07) is 103. The minimum Gasteiger partial charge on any atom is -0.458 e. The van der Waals surface area contributed by atoms with Gasteiger partial charge in [0.1, 0.15) is 57.5 Å². The summed E-state index contributed by atoms with van der Waals surface area (Å²) < 4.78 is 36.7.